The van der Waals surface area contributed by atoms with Crippen LogP contribution in [-0.4, -0.2) is 27.7 Å². The molecule has 4 nitrogen and oxygen atoms in total. The molecule has 0 unspecified atom stereocenters. The van der Waals surface area contributed by atoms with Gasteiger partial charge >= 0.3 is 0 Å². The molecule has 4 heteroatoms. The molecule has 2 aromatic rings. The van der Waals surface area contributed by atoms with Gasteiger partial charge in [0.1, 0.15) is 0 Å². The Labute approximate surface area is 131 Å². The van der Waals surface area contributed by atoms with Crippen molar-refractivity contribution in [1.82, 2.24) is 9.97 Å². The SMILES string of the molecule is Cc1cnc(N2CCC[C@H]2C[C@@H](O)c2ccccc2)nc1C. The summed E-state index contributed by atoms with van der Waals surface area (Å²) in [6.45, 7) is 5.01. The molecule has 2 heterocycles. The van der Waals surface area contributed by atoms with Crippen LogP contribution in [0.5, 0.6) is 0 Å². The second-order valence-corrected chi connectivity index (χ2v) is 6.09. The topological polar surface area (TPSA) is 49.2 Å². The lowest BCUT2D eigenvalue weighted by Crippen LogP contribution is -2.32. The summed E-state index contributed by atoms with van der Waals surface area (Å²) in [5.41, 5.74) is 3.12. The molecule has 0 bridgehead atoms. The van der Waals surface area contributed by atoms with Gasteiger partial charge in [0.15, 0.2) is 0 Å². The number of aliphatic hydroxyl groups is 1. The van der Waals surface area contributed by atoms with Crippen LogP contribution in [0.2, 0.25) is 0 Å². The molecule has 1 aliphatic heterocycles. The largest absolute Gasteiger partial charge is 0.388 e. The van der Waals surface area contributed by atoms with Crippen molar-refractivity contribution in [2.45, 2.75) is 45.3 Å². The van der Waals surface area contributed by atoms with Crippen LogP contribution in [0.4, 0.5) is 5.95 Å². The Balaban J connectivity index is 1.74. The third-order valence-electron chi connectivity index (χ3n) is 4.53. The van der Waals surface area contributed by atoms with Gasteiger partial charge in [-0.3, -0.25) is 0 Å². The van der Waals surface area contributed by atoms with Crippen LogP contribution in [0.25, 0.3) is 0 Å². The van der Waals surface area contributed by atoms with E-state index in [2.05, 4.69) is 14.9 Å². The van der Waals surface area contributed by atoms with Crippen LogP contribution in [-0.2, 0) is 0 Å². The van der Waals surface area contributed by atoms with Gasteiger partial charge in [0.2, 0.25) is 5.95 Å². The molecule has 3 rings (SSSR count). The molecule has 0 spiro atoms. The van der Waals surface area contributed by atoms with E-state index in [1.165, 1.54) is 0 Å². The second kappa shape index (κ2) is 6.44. The maximum absolute atomic E-state index is 10.5. The molecule has 1 N–H and O–H groups in total. The Morgan fingerprint density at radius 2 is 2.05 bits per heavy atom. The number of benzene rings is 1. The predicted molar refractivity (Wildman–Crippen MR) is 87.9 cm³/mol. The van der Waals surface area contributed by atoms with Crippen LogP contribution >= 0.6 is 0 Å². The normalized spacial score (nSPS) is 19.4. The van der Waals surface area contributed by atoms with Crippen LogP contribution in [0.15, 0.2) is 36.5 Å². The summed E-state index contributed by atoms with van der Waals surface area (Å²) in [4.78, 5) is 11.4. The van der Waals surface area contributed by atoms with Crippen molar-refractivity contribution >= 4 is 5.95 Å². The first-order valence-corrected chi connectivity index (χ1v) is 7.95. The van der Waals surface area contributed by atoms with E-state index in [1.54, 1.807) is 0 Å². The zero-order valence-corrected chi connectivity index (χ0v) is 13.2. The first-order chi connectivity index (χ1) is 10.6. The Kier molecular flexibility index (Phi) is 4.39. The molecular weight excluding hydrogens is 274 g/mol. The summed E-state index contributed by atoms with van der Waals surface area (Å²) in [5.74, 6) is 0.797. The van der Waals surface area contributed by atoms with Crippen molar-refractivity contribution in [2.75, 3.05) is 11.4 Å². The highest BCUT2D eigenvalue weighted by atomic mass is 16.3. The van der Waals surface area contributed by atoms with Crippen LogP contribution in [0, 0.1) is 13.8 Å². The van der Waals surface area contributed by atoms with Gasteiger partial charge < -0.3 is 10.0 Å². The van der Waals surface area contributed by atoms with Gasteiger partial charge in [-0.05, 0) is 44.2 Å². The monoisotopic (exact) mass is 297 g/mol. The van der Waals surface area contributed by atoms with Crippen molar-refractivity contribution in [3.63, 3.8) is 0 Å². The fraction of sp³-hybridized carbons (Fsp3) is 0.444. The molecular formula is C18H23N3O. The smallest absolute Gasteiger partial charge is 0.225 e. The fourth-order valence-electron chi connectivity index (χ4n) is 3.07. The highest BCUT2D eigenvalue weighted by molar-refractivity contribution is 5.36. The minimum absolute atomic E-state index is 0.303. The number of hydrogen-bond donors (Lipinski definition) is 1. The molecule has 116 valence electrons. The summed E-state index contributed by atoms with van der Waals surface area (Å²) in [7, 11) is 0. The van der Waals surface area contributed by atoms with Gasteiger partial charge in [-0.15, -0.1) is 0 Å². The molecule has 1 saturated heterocycles. The standard InChI is InChI=1S/C18H23N3O/c1-13-12-19-18(20-14(13)2)21-10-6-9-16(21)11-17(22)15-7-4-3-5-8-15/h3-5,7-8,12,16-17,22H,6,9-11H2,1-2H3/t16-,17+/m0/s1. The van der Waals surface area contributed by atoms with Gasteiger partial charge in [0.25, 0.3) is 0 Å². The number of aryl methyl sites for hydroxylation is 2. The molecule has 1 aromatic heterocycles. The van der Waals surface area contributed by atoms with E-state index in [9.17, 15) is 5.11 Å². The lowest BCUT2D eigenvalue weighted by atomic mass is 10.0. The minimum atomic E-state index is -0.432. The molecule has 0 aliphatic carbocycles. The Morgan fingerprint density at radius 3 is 2.77 bits per heavy atom. The zero-order valence-electron chi connectivity index (χ0n) is 13.2. The average Bonchev–Trinajstić information content (AvgIpc) is 2.99. The Hall–Kier alpha value is -1.94. The van der Waals surface area contributed by atoms with Crippen LogP contribution in [0.1, 0.15) is 42.2 Å². The van der Waals surface area contributed by atoms with Gasteiger partial charge in [0, 0.05) is 24.5 Å². The van der Waals surface area contributed by atoms with E-state index in [4.69, 9.17) is 0 Å². The van der Waals surface area contributed by atoms with E-state index in [0.717, 1.165) is 48.6 Å². The number of rotatable bonds is 4. The van der Waals surface area contributed by atoms with E-state index in [0.29, 0.717) is 6.04 Å². The lowest BCUT2D eigenvalue weighted by molar-refractivity contribution is 0.158. The van der Waals surface area contributed by atoms with E-state index in [-0.39, 0.29) is 0 Å². The second-order valence-electron chi connectivity index (χ2n) is 6.09. The minimum Gasteiger partial charge on any atom is -0.388 e. The highest BCUT2D eigenvalue weighted by Crippen LogP contribution is 2.29. The van der Waals surface area contributed by atoms with E-state index >= 15 is 0 Å². The van der Waals surface area contributed by atoms with Crippen molar-refractivity contribution in [2.24, 2.45) is 0 Å². The Morgan fingerprint density at radius 1 is 1.27 bits per heavy atom. The molecule has 1 aromatic carbocycles. The van der Waals surface area contributed by atoms with Gasteiger partial charge in [0.05, 0.1) is 6.10 Å². The first-order valence-electron chi connectivity index (χ1n) is 7.95. The summed E-state index contributed by atoms with van der Waals surface area (Å²) < 4.78 is 0. The highest BCUT2D eigenvalue weighted by Gasteiger charge is 2.29. The molecule has 1 fully saturated rings. The maximum atomic E-state index is 10.5. The fourth-order valence-corrected chi connectivity index (χ4v) is 3.07. The third kappa shape index (κ3) is 3.12. The van der Waals surface area contributed by atoms with Crippen molar-refractivity contribution in [3.8, 4) is 0 Å². The summed E-state index contributed by atoms with van der Waals surface area (Å²) in [6, 6.07) is 10.2. The zero-order chi connectivity index (χ0) is 15.5. The lowest BCUT2D eigenvalue weighted by Gasteiger charge is -2.27. The number of anilines is 1. The molecule has 0 radical (unpaired) electrons. The molecule has 0 saturated carbocycles. The predicted octanol–water partition coefficient (Wildman–Crippen LogP) is 3.19. The number of aromatic nitrogens is 2. The van der Waals surface area contributed by atoms with Gasteiger partial charge in [-0.2, -0.15) is 0 Å². The summed E-state index contributed by atoms with van der Waals surface area (Å²) >= 11 is 0. The first kappa shape index (κ1) is 15.0. The molecule has 22 heavy (non-hydrogen) atoms. The number of nitrogens with zero attached hydrogens (tertiary/aromatic N) is 3. The summed E-state index contributed by atoms with van der Waals surface area (Å²) in [6.07, 6.45) is 4.39. The van der Waals surface area contributed by atoms with Gasteiger partial charge in [-0.1, -0.05) is 30.3 Å². The quantitative estimate of drug-likeness (QED) is 0.941. The van der Waals surface area contributed by atoms with Crippen molar-refractivity contribution in [1.29, 1.82) is 0 Å². The molecule has 2 atom stereocenters. The third-order valence-corrected chi connectivity index (χ3v) is 4.53. The van der Waals surface area contributed by atoms with E-state index in [1.807, 2.05) is 50.4 Å². The van der Waals surface area contributed by atoms with Crippen LogP contribution in [0.3, 0.4) is 0 Å². The van der Waals surface area contributed by atoms with E-state index < -0.39 is 6.10 Å². The molecule has 1 aliphatic rings. The van der Waals surface area contributed by atoms with Gasteiger partial charge in [-0.25, -0.2) is 9.97 Å². The maximum Gasteiger partial charge on any atom is 0.225 e. The summed E-state index contributed by atoms with van der Waals surface area (Å²) in [5, 5.41) is 10.5. The average molecular weight is 297 g/mol. The van der Waals surface area contributed by atoms with Crippen LogP contribution < -0.4 is 4.90 Å². The number of aliphatic hydroxyl groups excluding tert-OH is 1. The molecule has 0 amide bonds. The Bertz CT molecular complexity index is 629. The number of hydrogen-bond acceptors (Lipinski definition) is 4. The van der Waals surface area contributed by atoms with Crippen molar-refractivity contribution in [3.05, 3.63) is 53.3 Å². The van der Waals surface area contributed by atoms with Crippen molar-refractivity contribution < 1.29 is 5.11 Å².